The van der Waals surface area contributed by atoms with Crippen LogP contribution in [0, 0.1) is 0 Å². The van der Waals surface area contributed by atoms with Crippen molar-refractivity contribution in [1.82, 2.24) is 4.72 Å². The van der Waals surface area contributed by atoms with E-state index in [2.05, 4.69) is 4.72 Å². The number of sulfonamides is 1. The van der Waals surface area contributed by atoms with Gasteiger partial charge in [0.25, 0.3) is 0 Å². The van der Waals surface area contributed by atoms with Crippen LogP contribution in [-0.4, -0.2) is 49.0 Å². The fourth-order valence-electron chi connectivity index (χ4n) is 1.26. The van der Waals surface area contributed by atoms with Gasteiger partial charge in [-0.3, -0.25) is 0 Å². The summed E-state index contributed by atoms with van der Waals surface area (Å²) in [6, 6.07) is 2.08. The number of hydrogen-bond acceptors (Lipinski definition) is 5. The summed E-state index contributed by atoms with van der Waals surface area (Å²) < 4.78 is 25.8. The minimum Gasteiger partial charge on any atom is -0.478 e. The Labute approximate surface area is 114 Å². The number of aliphatic hydroxyl groups is 2. The number of halogens is 1. The third-order valence-corrected chi connectivity index (χ3v) is 4.07. The summed E-state index contributed by atoms with van der Waals surface area (Å²) >= 11 is 5.66. The molecular weight excluding hydrogens is 298 g/mol. The minimum absolute atomic E-state index is 0.221. The second kappa shape index (κ2) is 6.31. The molecule has 0 saturated heterocycles. The standard InChI is InChI=1S/C10H12ClNO6S/c11-9-3-7(1-2-8(9)10(15)16)19(17,18)12-6(4-13)5-14/h1-3,6,12-14H,4-5H2,(H,15,16). The number of nitrogens with one attached hydrogen (secondary N) is 1. The molecule has 0 aliphatic rings. The van der Waals surface area contributed by atoms with E-state index in [0.29, 0.717) is 0 Å². The van der Waals surface area contributed by atoms with Gasteiger partial charge in [-0.05, 0) is 18.2 Å². The Morgan fingerprint density at radius 3 is 2.32 bits per heavy atom. The number of carbonyl (C=O) groups is 1. The van der Waals surface area contributed by atoms with E-state index in [1.807, 2.05) is 0 Å². The number of hydrogen-bond donors (Lipinski definition) is 4. The molecular formula is C10H12ClNO6S. The summed E-state index contributed by atoms with van der Waals surface area (Å²) in [6.45, 7) is -1.15. The second-order valence-electron chi connectivity index (χ2n) is 3.63. The van der Waals surface area contributed by atoms with Crippen LogP contribution in [0.3, 0.4) is 0 Å². The molecule has 0 amide bonds. The summed E-state index contributed by atoms with van der Waals surface area (Å²) in [5, 5.41) is 26.2. The first-order valence-corrected chi connectivity index (χ1v) is 6.95. The van der Waals surface area contributed by atoms with E-state index in [0.717, 1.165) is 18.2 Å². The molecule has 0 aromatic heterocycles. The lowest BCUT2D eigenvalue weighted by Crippen LogP contribution is -2.40. The van der Waals surface area contributed by atoms with Crippen LogP contribution < -0.4 is 4.72 Å². The van der Waals surface area contributed by atoms with Crippen molar-refractivity contribution in [2.45, 2.75) is 10.9 Å². The molecule has 7 nitrogen and oxygen atoms in total. The zero-order valence-electron chi connectivity index (χ0n) is 9.58. The lowest BCUT2D eigenvalue weighted by molar-refractivity contribution is 0.0697. The molecule has 0 fully saturated rings. The Kier molecular flexibility index (Phi) is 5.27. The molecule has 106 valence electrons. The van der Waals surface area contributed by atoms with Gasteiger partial charge in [-0.25, -0.2) is 17.9 Å². The Hall–Kier alpha value is -1.19. The molecule has 9 heteroatoms. The molecule has 0 atom stereocenters. The van der Waals surface area contributed by atoms with Crippen molar-refractivity contribution in [3.8, 4) is 0 Å². The van der Waals surface area contributed by atoms with Gasteiger partial charge in [0, 0.05) is 0 Å². The van der Waals surface area contributed by atoms with Gasteiger partial charge < -0.3 is 15.3 Å². The quantitative estimate of drug-likeness (QED) is 0.570. The summed E-state index contributed by atoms with van der Waals surface area (Å²) in [5.41, 5.74) is -0.221. The van der Waals surface area contributed by atoms with Crippen LogP contribution in [0.25, 0.3) is 0 Å². The number of aliphatic hydroxyl groups excluding tert-OH is 2. The number of aromatic carboxylic acids is 1. The van der Waals surface area contributed by atoms with Crippen LogP contribution in [0.1, 0.15) is 10.4 Å². The molecule has 0 spiro atoms. The van der Waals surface area contributed by atoms with Gasteiger partial charge in [0.15, 0.2) is 0 Å². The normalized spacial score (nSPS) is 11.8. The molecule has 1 aromatic carbocycles. The fraction of sp³-hybridized carbons (Fsp3) is 0.300. The van der Waals surface area contributed by atoms with Crippen molar-refractivity contribution in [3.05, 3.63) is 28.8 Å². The van der Waals surface area contributed by atoms with E-state index in [1.165, 1.54) is 0 Å². The van der Waals surface area contributed by atoms with Gasteiger partial charge in [-0.1, -0.05) is 11.6 Å². The summed E-state index contributed by atoms with van der Waals surface area (Å²) in [4.78, 5) is 10.5. The van der Waals surface area contributed by atoms with Crippen LogP contribution in [0.15, 0.2) is 23.1 Å². The second-order valence-corrected chi connectivity index (χ2v) is 5.75. The van der Waals surface area contributed by atoms with E-state index in [9.17, 15) is 13.2 Å². The van der Waals surface area contributed by atoms with E-state index >= 15 is 0 Å². The molecule has 0 aliphatic heterocycles. The maximum absolute atomic E-state index is 11.9. The first-order chi connectivity index (χ1) is 8.81. The Balaban J connectivity index is 3.09. The summed E-state index contributed by atoms with van der Waals surface area (Å²) in [5.74, 6) is -1.27. The molecule has 1 aromatic rings. The number of rotatable bonds is 6. The van der Waals surface area contributed by atoms with Crippen molar-refractivity contribution >= 4 is 27.6 Å². The first kappa shape index (κ1) is 15.9. The van der Waals surface area contributed by atoms with Gasteiger partial charge in [0.05, 0.1) is 34.7 Å². The third-order valence-electron chi connectivity index (χ3n) is 2.24. The smallest absolute Gasteiger partial charge is 0.337 e. The molecule has 0 saturated carbocycles. The average molecular weight is 310 g/mol. The monoisotopic (exact) mass is 309 g/mol. The lowest BCUT2D eigenvalue weighted by atomic mass is 10.2. The molecule has 0 unspecified atom stereocenters. The maximum Gasteiger partial charge on any atom is 0.337 e. The van der Waals surface area contributed by atoms with Crippen molar-refractivity contribution in [1.29, 1.82) is 0 Å². The minimum atomic E-state index is -4.00. The highest BCUT2D eigenvalue weighted by molar-refractivity contribution is 7.89. The average Bonchev–Trinajstić information content (AvgIpc) is 2.35. The van der Waals surface area contributed by atoms with Crippen molar-refractivity contribution in [3.63, 3.8) is 0 Å². The highest BCUT2D eigenvalue weighted by Gasteiger charge is 2.21. The number of carboxylic acid groups (broad SMARTS) is 1. The van der Waals surface area contributed by atoms with E-state index in [-0.39, 0.29) is 15.5 Å². The van der Waals surface area contributed by atoms with Crippen molar-refractivity contribution in [2.24, 2.45) is 0 Å². The first-order valence-electron chi connectivity index (χ1n) is 5.08. The van der Waals surface area contributed by atoms with E-state index in [4.69, 9.17) is 26.9 Å². The highest BCUT2D eigenvalue weighted by atomic mass is 35.5. The highest BCUT2D eigenvalue weighted by Crippen LogP contribution is 2.21. The Morgan fingerprint density at radius 2 is 1.89 bits per heavy atom. The molecule has 0 bridgehead atoms. The van der Waals surface area contributed by atoms with Gasteiger partial charge in [-0.2, -0.15) is 0 Å². The van der Waals surface area contributed by atoms with Crippen molar-refractivity contribution < 1.29 is 28.5 Å². The SMILES string of the molecule is O=C(O)c1ccc(S(=O)(=O)NC(CO)CO)cc1Cl. The molecule has 1 rings (SSSR count). The largest absolute Gasteiger partial charge is 0.478 e. The van der Waals surface area contributed by atoms with E-state index < -0.39 is 35.2 Å². The lowest BCUT2D eigenvalue weighted by Gasteiger charge is -2.14. The molecule has 4 N–H and O–H groups in total. The number of carboxylic acids is 1. The Morgan fingerprint density at radius 1 is 1.32 bits per heavy atom. The van der Waals surface area contributed by atoms with Crippen LogP contribution in [0.4, 0.5) is 0 Å². The summed E-state index contributed by atoms with van der Waals surface area (Å²) in [6.07, 6.45) is 0. The molecule has 19 heavy (non-hydrogen) atoms. The summed E-state index contributed by atoms with van der Waals surface area (Å²) in [7, 11) is -4.00. The molecule has 0 radical (unpaired) electrons. The van der Waals surface area contributed by atoms with Gasteiger partial charge in [0.2, 0.25) is 10.0 Å². The number of benzene rings is 1. The zero-order valence-corrected chi connectivity index (χ0v) is 11.1. The maximum atomic E-state index is 11.9. The van der Waals surface area contributed by atoms with Gasteiger partial charge >= 0.3 is 5.97 Å². The van der Waals surface area contributed by atoms with Crippen molar-refractivity contribution in [2.75, 3.05) is 13.2 Å². The van der Waals surface area contributed by atoms with E-state index in [1.54, 1.807) is 0 Å². The van der Waals surface area contributed by atoms with Crippen LogP contribution in [-0.2, 0) is 10.0 Å². The zero-order chi connectivity index (χ0) is 14.6. The van der Waals surface area contributed by atoms with Crippen LogP contribution in [0.2, 0.25) is 5.02 Å². The fourth-order valence-corrected chi connectivity index (χ4v) is 2.83. The van der Waals surface area contributed by atoms with Gasteiger partial charge in [-0.15, -0.1) is 0 Å². The third kappa shape index (κ3) is 3.88. The van der Waals surface area contributed by atoms with Gasteiger partial charge in [0.1, 0.15) is 0 Å². The molecule has 0 aliphatic carbocycles. The molecule has 0 heterocycles. The topological polar surface area (TPSA) is 124 Å². The van der Waals surface area contributed by atoms with Crippen LogP contribution in [0.5, 0.6) is 0 Å². The van der Waals surface area contributed by atoms with Crippen LogP contribution >= 0.6 is 11.6 Å². The predicted molar refractivity (Wildman–Crippen MR) is 66.7 cm³/mol. The Bertz CT molecular complexity index is 569. The predicted octanol–water partition coefficient (Wildman–Crippen LogP) is -0.330.